The highest BCUT2D eigenvalue weighted by molar-refractivity contribution is 7.91. The Balaban J connectivity index is 2.19. The average molecular weight is 343 g/mol. The summed E-state index contributed by atoms with van der Waals surface area (Å²) in [4.78, 5) is 35.6. The number of likely N-dealkylation sites (N-methyl/N-ethyl adjacent to an activating group) is 1. The van der Waals surface area contributed by atoms with E-state index in [4.69, 9.17) is 0 Å². The van der Waals surface area contributed by atoms with Crippen molar-refractivity contribution in [2.75, 3.05) is 18.1 Å². The lowest BCUT2D eigenvalue weighted by atomic mass is 10.2. The summed E-state index contributed by atoms with van der Waals surface area (Å²) < 4.78 is 24.1. The van der Waals surface area contributed by atoms with Gasteiger partial charge in [-0.1, -0.05) is 0 Å². The number of sulfone groups is 1. The molecule has 1 aromatic heterocycles. The first kappa shape index (κ1) is 17.1. The molecule has 0 bridgehead atoms. The molecule has 1 aromatic rings. The molecular formula is C13H17N3O6S. The van der Waals surface area contributed by atoms with Crippen molar-refractivity contribution in [3.8, 4) is 0 Å². The van der Waals surface area contributed by atoms with E-state index in [1.165, 1.54) is 4.90 Å². The third kappa shape index (κ3) is 3.95. The number of hydrogen-bond acceptors (Lipinski definition) is 6. The first-order chi connectivity index (χ1) is 10.7. The van der Waals surface area contributed by atoms with Crippen LogP contribution in [0.4, 0.5) is 5.69 Å². The minimum Gasteiger partial charge on any atom is -0.337 e. The predicted molar refractivity (Wildman–Crippen MR) is 81.8 cm³/mol. The normalized spacial score (nSPS) is 19.4. The van der Waals surface area contributed by atoms with Crippen LogP contribution in [-0.2, 0) is 21.2 Å². The molecule has 1 fully saturated rings. The van der Waals surface area contributed by atoms with E-state index in [9.17, 15) is 28.1 Å². The summed E-state index contributed by atoms with van der Waals surface area (Å²) in [7, 11) is -3.13. The first-order valence-electron chi connectivity index (χ1n) is 7.08. The number of carbonyl (C=O) groups is 1. The molecule has 0 radical (unpaired) electrons. The fourth-order valence-electron chi connectivity index (χ4n) is 2.65. The maximum absolute atomic E-state index is 12.4. The summed E-state index contributed by atoms with van der Waals surface area (Å²) in [6, 6.07) is 1.69. The van der Waals surface area contributed by atoms with Gasteiger partial charge in [-0.15, -0.1) is 0 Å². The van der Waals surface area contributed by atoms with Gasteiger partial charge in [0.15, 0.2) is 9.84 Å². The van der Waals surface area contributed by atoms with Gasteiger partial charge in [-0.2, -0.15) is 0 Å². The lowest BCUT2D eigenvalue weighted by molar-refractivity contribution is -0.385. The minimum absolute atomic E-state index is 0.0399. The molecule has 0 unspecified atom stereocenters. The number of pyridine rings is 1. The molecule has 9 nitrogen and oxygen atoms in total. The van der Waals surface area contributed by atoms with E-state index in [2.05, 4.69) is 0 Å². The molecule has 1 amide bonds. The van der Waals surface area contributed by atoms with Gasteiger partial charge >= 0.3 is 0 Å². The van der Waals surface area contributed by atoms with Crippen LogP contribution in [0, 0.1) is 10.1 Å². The Hall–Kier alpha value is -2.23. The third-order valence-electron chi connectivity index (χ3n) is 3.79. The van der Waals surface area contributed by atoms with E-state index in [-0.39, 0.29) is 23.7 Å². The summed E-state index contributed by atoms with van der Waals surface area (Å²) in [6.07, 6.45) is 1.38. The van der Waals surface area contributed by atoms with E-state index in [1.54, 1.807) is 6.92 Å². The van der Waals surface area contributed by atoms with Gasteiger partial charge in [-0.3, -0.25) is 24.3 Å². The molecule has 23 heavy (non-hydrogen) atoms. The van der Waals surface area contributed by atoms with Crippen LogP contribution < -0.4 is 5.56 Å². The summed E-state index contributed by atoms with van der Waals surface area (Å²) in [6.45, 7) is 1.67. The van der Waals surface area contributed by atoms with Crippen LogP contribution in [0.1, 0.15) is 13.3 Å². The molecule has 1 aliphatic heterocycles. The Bertz CT molecular complexity index is 785. The Morgan fingerprint density at radius 2 is 2.17 bits per heavy atom. The minimum atomic E-state index is -3.13. The zero-order valence-electron chi connectivity index (χ0n) is 12.5. The average Bonchev–Trinajstić information content (AvgIpc) is 2.81. The summed E-state index contributed by atoms with van der Waals surface area (Å²) >= 11 is 0. The monoisotopic (exact) mass is 343 g/mol. The Morgan fingerprint density at radius 3 is 2.70 bits per heavy atom. The van der Waals surface area contributed by atoms with Crippen molar-refractivity contribution in [3.05, 3.63) is 38.8 Å². The van der Waals surface area contributed by atoms with Gasteiger partial charge < -0.3 is 4.90 Å². The lowest BCUT2D eigenvalue weighted by Gasteiger charge is -2.27. The summed E-state index contributed by atoms with van der Waals surface area (Å²) in [5, 5.41) is 10.7. The van der Waals surface area contributed by atoms with Crippen LogP contribution in [0.25, 0.3) is 0 Å². The summed E-state index contributed by atoms with van der Waals surface area (Å²) in [5.41, 5.74) is -0.817. The second-order valence-corrected chi connectivity index (χ2v) is 7.58. The molecule has 10 heteroatoms. The number of nitrogens with zero attached hydrogens (tertiary/aromatic N) is 3. The maximum Gasteiger partial charge on any atom is 0.285 e. The van der Waals surface area contributed by atoms with Crippen molar-refractivity contribution in [1.82, 2.24) is 9.47 Å². The SMILES string of the molecule is CCN(C(=O)Cn1cc([N+](=O)[O-])ccc1=O)[C@H]1CCS(=O)(=O)C1. The largest absolute Gasteiger partial charge is 0.337 e. The molecule has 0 spiro atoms. The Kier molecular flexibility index (Phi) is 4.83. The maximum atomic E-state index is 12.4. The highest BCUT2D eigenvalue weighted by atomic mass is 32.2. The Morgan fingerprint density at radius 1 is 1.48 bits per heavy atom. The first-order valence-corrected chi connectivity index (χ1v) is 8.90. The smallest absolute Gasteiger partial charge is 0.285 e. The number of hydrogen-bond donors (Lipinski definition) is 0. The fourth-order valence-corrected chi connectivity index (χ4v) is 4.38. The zero-order valence-corrected chi connectivity index (χ0v) is 13.4. The molecule has 0 saturated carbocycles. The molecule has 0 N–H and O–H groups in total. The van der Waals surface area contributed by atoms with Crippen molar-refractivity contribution in [3.63, 3.8) is 0 Å². The predicted octanol–water partition coefficient (Wildman–Crippen LogP) is -0.208. The van der Waals surface area contributed by atoms with Gasteiger partial charge in [-0.25, -0.2) is 8.42 Å². The van der Waals surface area contributed by atoms with Gasteiger partial charge in [0.2, 0.25) is 5.91 Å². The number of rotatable bonds is 5. The van der Waals surface area contributed by atoms with E-state index in [1.807, 2.05) is 0 Å². The van der Waals surface area contributed by atoms with Crippen LogP contribution in [0.15, 0.2) is 23.1 Å². The van der Waals surface area contributed by atoms with Gasteiger partial charge in [0, 0.05) is 24.7 Å². The van der Waals surface area contributed by atoms with Crippen molar-refractivity contribution < 1.29 is 18.1 Å². The molecule has 1 aliphatic rings. The molecule has 1 saturated heterocycles. The molecule has 0 aliphatic carbocycles. The molecule has 126 valence electrons. The van der Waals surface area contributed by atoms with Crippen molar-refractivity contribution in [1.29, 1.82) is 0 Å². The van der Waals surface area contributed by atoms with Gasteiger partial charge in [0.1, 0.15) is 6.54 Å². The molecule has 2 rings (SSSR count). The number of amides is 1. The quantitative estimate of drug-likeness (QED) is 0.539. The van der Waals surface area contributed by atoms with Crippen LogP contribution >= 0.6 is 0 Å². The fraction of sp³-hybridized carbons (Fsp3) is 0.538. The molecular weight excluding hydrogens is 326 g/mol. The lowest BCUT2D eigenvalue weighted by Crippen LogP contribution is -2.43. The van der Waals surface area contributed by atoms with Crippen LogP contribution in [0.5, 0.6) is 0 Å². The Labute approximate surface area is 132 Å². The second-order valence-electron chi connectivity index (χ2n) is 5.35. The standard InChI is InChI=1S/C13H17N3O6S/c1-2-15(11-5-6-23(21,22)9-11)13(18)8-14-7-10(16(19)20)3-4-12(14)17/h3-4,7,11H,2,5-6,8-9H2,1H3/t11-/m0/s1. The number of aromatic nitrogens is 1. The molecule has 1 atom stereocenters. The van der Waals surface area contributed by atoms with E-state index in [0.29, 0.717) is 13.0 Å². The molecule has 0 aromatic carbocycles. The highest BCUT2D eigenvalue weighted by Gasteiger charge is 2.33. The second kappa shape index (κ2) is 6.49. The van der Waals surface area contributed by atoms with Gasteiger partial charge in [0.25, 0.3) is 11.2 Å². The van der Waals surface area contributed by atoms with E-state index >= 15 is 0 Å². The molecule has 2 heterocycles. The highest BCUT2D eigenvalue weighted by Crippen LogP contribution is 2.18. The third-order valence-corrected chi connectivity index (χ3v) is 5.54. The van der Waals surface area contributed by atoms with Crippen LogP contribution in [0.3, 0.4) is 0 Å². The number of nitro groups is 1. The van der Waals surface area contributed by atoms with Crippen molar-refractivity contribution in [2.24, 2.45) is 0 Å². The van der Waals surface area contributed by atoms with Gasteiger partial charge in [0.05, 0.1) is 22.6 Å². The van der Waals surface area contributed by atoms with Crippen molar-refractivity contribution >= 4 is 21.4 Å². The topological polar surface area (TPSA) is 120 Å². The van der Waals surface area contributed by atoms with Crippen LogP contribution in [-0.4, -0.2) is 52.8 Å². The van der Waals surface area contributed by atoms with E-state index in [0.717, 1.165) is 22.9 Å². The van der Waals surface area contributed by atoms with E-state index < -0.39 is 32.3 Å². The summed E-state index contributed by atoms with van der Waals surface area (Å²) in [5.74, 6) is -0.480. The van der Waals surface area contributed by atoms with Gasteiger partial charge in [-0.05, 0) is 13.3 Å². The number of carbonyl (C=O) groups excluding carboxylic acids is 1. The van der Waals surface area contributed by atoms with Crippen LogP contribution in [0.2, 0.25) is 0 Å². The van der Waals surface area contributed by atoms with Crippen molar-refractivity contribution in [2.45, 2.75) is 25.9 Å². The zero-order chi connectivity index (χ0) is 17.2.